The standard InChI is InChI=1S/C2H8N6O4S/c3-1(9)5-7-13(11,12)8-6-2(4)10/h7-8H,(H3,3,5,9)(H3,4,6,10). The average Bonchev–Trinajstić information content (AvgIpc) is 1.98. The Labute approximate surface area is 73.1 Å². The van der Waals surface area contributed by atoms with Crippen molar-refractivity contribution < 1.29 is 18.0 Å². The molecule has 8 N–H and O–H groups in total. The number of carbonyl (C=O) groups excluding carboxylic acids is 2. The molecule has 76 valence electrons. The van der Waals surface area contributed by atoms with E-state index in [2.05, 4.69) is 11.5 Å². The SMILES string of the molecule is NC(=O)NNS(=O)(=O)NNC(N)=O. The second-order valence-corrected chi connectivity index (χ2v) is 3.10. The summed E-state index contributed by atoms with van der Waals surface area (Å²) in [5.41, 5.74) is 12.2. The summed E-state index contributed by atoms with van der Waals surface area (Å²) in [7, 11) is -4.10. The summed E-state index contributed by atoms with van der Waals surface area (Å²) in [6.45, 7) is 0. The maximum atomic E-state index is 10.7. The first-order valence-electron chi connectivity index (χ1n) is 2.73. The monoisotopic (exact) mass is 212 g/mol. The second kappa shape index (κ2) is 4.44. The highest BCUT2D eigenvalue weighted by Crippen LogP contribution is 1.67. The maximum absolute atomic E-state index is 10.7. The van der Waals surface area contributed by atoms with Crippen LogP contribution >= 0.6 is 0 Å². The minimum absolute atomic E-state index is 1.11. The number of amides is 4. The van der Waals surface area contributed by atoms with E-state index in [4.69, 9.17) is 0 Å². The first-order valence-corrected chi connectivity index (χ1v) is 4.21. The molecule has 0 aliphatic carbocycles. The number of hydrogen-bond donors (Lipinski definition) is 6. The smallest absolute Gasteiger partial charge is 0.327 e. The van der Waals surface area contributed by atoms with Crippen molar-refractivity contribution in [1.29, 1.82) is 0 Å². The molecular formula is C2H8N6O4S. The molecule has 0 bridgehead atoms. The van der Waals surface area contributed by atoms with Gasteiger partial charge >= 0.3 is 22.3 Å². The molecule has 13 heavy (non-hydrogen) atoms. The Morgan fingerprint density at radius 3 is 1.46 bits per heavy atom. The summed E-state index contributed by atoms with van der Waals surface area (Å²) >= 11 is 0. The first-order chi connectivity index (χ1) is 5.83. The minimum atomic E-state index is -4.10. The Kier molecular flexibility index (Phi) is 3.90. The predicted octanol–water partition coefficient (Wildman–Crippen LogP) is -3.42. The molecule has 0 unspecified atom stereocenters. The van der Waals surface area contributed by atoms with Gasteiger partial charge in [-0.15, -0.1) is 9.66 Å². The number of urea groups is 2. The molecule has 0 heterocycles. The van der Waals surface area contributed by atoms with E-state index < -0.39 is 22.3 Å². The third-order valence-corrected chi connectivity index (χ3v) is 1.36. The van der Waals surface area contributed by atoms with E-state index >= 15 is 0 Å². The van der Waals surface area contributed by atoms with Crippen LogP contribution in [0.25, 0.3) is 0 Å². The summed E-state index contributed by atoms with van der Waals surface area (Å²) in [4.78, 5) is 23.0. The van der Waals surface area contributed by atoms with E-state index in [0.29, 0.717) is 0 Å². The van der Waals surface area contributed by atoms with Crippen molar-refractivity contribution in [2.75, 3.05) is 0 Å². The lowest BCUT2D eigenvalue weighted by Gasteiger charge is -2.06. The van der Waals surface area contributed by atoms with Crippen LogP contribution in [0.5, 0.6) is 0 Å². The topological polar surface area (TPSA) is 168 Å². The van der Waals surface area contributed by atoms with E-state index in [-0.39, 0.29) is 0 Å². The normalized spacial score (nSPS) is 10.5. The molecule has 0 saturated carbocycles. The molecule has 10 nitrogen and oxygen atoms in total. The van der Waals surface area contributed by atoms with Crippen molar-refractivity contribution in [3.63, 3.8) is 0 Å². The van der Waals surface area contributed by atoms with Gasteiger partial charge in [0.15, 0.2) is 0 Å². The molecule has 0 spiro atoms. The van der Waals surface area contributed by atoms with Crippen LogP contribution in [0.4, 0.5) is 9.59 Å². The number of carbonyl (C=O) groups is 2. The van der Waals surface area contributed by atoms with Gasteiger partial charge in [0.2, 0.25) is 0 Å². The lowest BCUT2D eigenvalue weighted by molar-refractivity contribution is 0.247. The summed E-state index contributed by atoms with van der Waals surface area (Å²) in [5.74, 6) is 0. The van der Waals surface area contributed by atoms with Gasteiger partial charge in [0.1, 0.15) is 0 Å². The largest absolute Gasteiger partial charge is 0.351 e. The molecule has 0 rings (SSSR count). The highest BCUT2D eigenvalue weighted by atomic mass is 32.2. The van der Waals surface area contributed by atoms with E-state index in [1.54, 1.807) is 10.9 Å². The number of hydrazine groups is 2. The van der Waals surface area contributed by atoms with E-state index in [9.17, 15) is 18.0 Å². The van der Waals surface area contributed by atoms with Gasteiger partial charge in [0, 0.05) is 0 Å². The first kappa shape index (κ1) is 11.4. The highest BCUT2D eigenvalue weighted by Gasteiger charge is 2.09. The molecule has 0 fully saturated rings. The Morgan fingerprint density at radius 1 is 0.923 bits per heavy atom. The molecule has 0 aromatic carbocycles. The number of nitrogens with one attached hydrogen (secondary N) is 4. The quantitative estimate of drug-likeness (QED) is 0.267. The molecule has 0 aromatic heterocycles. The molecular weight excluding hydrogens is 204 g/mol. The van der Waals surface area contributed by atoms with E-state index in [1.807, 2.05) is 0 Å². The van der Waals surface area contributed by atoms with Crippen LogP contribution in [0.3, 0.4) is 0 Å². The van der Waals surface area contributed by atoms with Crippen molar-refractivity contribution in [3.05, 3.63) is 0 Å². The van der Waals surface area contributed by atoms with Crippen molar-refractivity contribution >= 4 is 22.3 Å². The van der Waals surface area contributed by atoms with Crippen LogP contribution < -0.4 is 32.0 Å². The maximum Gasteiger partial charge on any atom is 0.327 e. The third kappa shape index (κ3) is 6.79. The molecule has 11 heteroatoms. The molecule has 0 aliphatic heterocycles. The third-order valence-electron chi connectivity index (χ3n) is 0.617. The molecule has 0 radical (unpaired) electrons. The molecule has 0 saturated heterocycles. The van der Waals surface area contributed by atoms with Gasteiger partial charge in [-0.25, -0.2) is 9.59 Å². The van der Waals surface area contributed by atoms with Crippen LogP contribution in [0.2, 0.25) is 0 Å². The molecule has 0 atom stereocenters. The van der Waals surface area contributed by atoms with Crippen molar-refractivity contribution in [3.8, 4) is 0 Å². The van der Waals surface area contributed by atoms with Gasteiger partial charge in [0.05, 0.1) is 0 Å². The van der Waals surface area contributed by atoms with Gasteiger partial charge in [-0.1, -0.05) is 0 Å². The van der Waals surface area contributed by atoms with E-state index in [1.165, 1.54) is 9.66 Å². The predicted molar refractivity (Wildman–Crippen MR) is 40.6 cm³/mol. The average molecular weight is 212 g/mol. The lowest BCUT2D eigenvalue weighted by atomic mass is 11.2. The van der Waals surface area contributed by atoms with Crippen molar-refractivity contribution in [1.82, 2.24) is 20.5 Å². The Balaban J connectivity index is 3.95. The van der Waals surface area contributed by atoms with Crippen LogP contribution in [-0.4, -0.2) is 20.5 Å². The zero-order valence-corrected chi connectivity index (χ0v) is 7.01. The lowest BCUT2D eigenvalue weighted by Crippen LogP contribution is -2.54. The van der Waals surface area contributed by atoms with Gasteiger partial charge in [0.25, 0.3) is 0 Å². The van der Waals surface area contributed by atoms with Crippen molar-refractivity contribution in [2.45, 2.75) is 0 Å². The Bertz CT molecular complexity index is 272. The van der Waals surface area contributed by atoms with Crippen molar-refractivity contribution in [2.24, 2.45) is 11.5 Å². The van der Waals surface area contributed by atoms with E-state index in [0.717, 1.165) is 0 Å². The van der Waals surface area contributed by atoms with Crippen LogP contribution in [-0.2, 0) is 10.2 Å². The van der Waals surface area contributed by atoms with Crippen LogP contribution in [0.15, 0.2) is 0 Å². The number of hydrogen-bond acceptors (Lipinski definition) is 4. The highest BCUT2D eigenvalue weighted by molar-refractivity contribution is 7.87. The summed E-state index contributed by atoms with van der Waals surface area (Å²) in [6.07, 6.45) is 0. The zero-order valence-electron chi connectivity index (χ0n) is 6.20. The van der Waals surface area contributed by atoms with Gasteiger partial charge < -0.3 is 11.5 Å². The number of primary amides is 2. The molecule has 0 aromatic rings. The van der Waals surface area contributed by atoms with Crippen LogP contribution in [0, 0.1) is 0 Å². The number of nitrogens with two attached hydrogens (primary N) is 2. The fraction of sp³-hybridized carbons (Fsp3) is 0. The summed E-state index contributed by atoms with van der Waals surface area (Å²) in [5, 5.41) is 0. The Morgan fingerprint density at radius 2 is 1.23 bits per heavy atom. The van der Waals surface area contributed by atoms with Crippen LogP contribution in [0.1, 0.15) is 0 Å². The molecule has 0 aliphatic rings. The Hall–Kier alpha value is -1.59. The fourth-order valence-corrected chi connectivity index (χ4v) is 0.781. The van der Waals surface area contributed by atoms with Gasteiger partial charge in [-0.2, -0.15) is 8.42 Å². The number of rotatable bonds is 4. The minimum Gasteiger partial charge on any atom is -0.351 e. The van der Waals surface area contributed by atoms with Gasteiger partial charge in [-0.3, -0.25) is 10.9 Å². The zero-order chi connectivity index (χ0) is 10.5. The molecule has 4 amide bonds. The van der Waals surface area contributed by atoms with Gasteiger partial charge in [-0.05, 0) is 0 Å². The second-order valence-electron chi connectivity index (χ2n) is 1.69. The summed E-state index contributed by atoms with van der Waals surface area (Å²) in [6, 6.07) is -2.21. The summed E-state index contributed by atoms with van der Waals surface area (Å²) < 4.78 is 21.4. The fourth-order valence-electron chi connectivity index (χ4n) is 0.260.